The molecule has 1 aliphatic carbocycles. The molecule has 2 aromatic rings. The molecule has 1 fully saturated rings. The Kier molecular flexibility index (Phi) is 4.55. The Morgan fingerprint density at radius 2 is 2.18 bits per heavy atom. The first kappa shape index (κ1) is 18.1. The van der Waals surface area contributed by atoms with E-state index in [1.54, 1.807) is 13.3 Å². The third-order valence-corrected chi connectivity index (χ3v) is 5.10. The van der Waals surface area contributed by atoms with Gasteiger partial charge in [-0.25, -0.2) is 4.98 Å². The highest BCUT2D eigenvalue weighted by Crippen LogP contribution is 2.34. The van der Waals surface area contributed by atoms with E-state index in [4.69, 9.17) is 4.74 Å². The number of amides is 1. The van der Waals surface area contributed by atoms with Crippen molar-refractivity contribution >= 4 is 28.2 Å². The second-order valence-electron chi connectivity index (χ2n) is 7.12. The molecule has 144 valence electrons. The number of pyridine rings is 1. The minimum absolute atomic E-state index is 0.0584. The molecule has 0 aromatic carbocycles. The van der Waals surface area contributed by atoms with Gasteiger partial charge in [-0.05, 0) is 31.9 Å². The van der Waals surface area contributed by atoms with Crippen molar-refractivity contribution in [3.63, 3.8) is 0 Å². The van der Waals surface area contributed by atoms with E-state index in [0.29, 0.717) is 5.82 Å². The smallest absolute Gasteiger partial charge is 0.228 e. The quantitative estimate of drug-likeness (QED) is 0.851. The molecule has 0 atom stereocenters. The number of fused-ring (bicyclic) bond motifs is 1. The molecular formula is C22H24N4O2. The lowest BCUT2D eigenvalue weighted by Crippen LogP contribution is -2.15. The zero-order valence-corrected chi connectivity index (χ0v) is 16.4. The van der Waals surface area contributed by atoms with Crippen molar-refractivity contribution in [3.05, 3.63) is 66.6 Å². The van der Waals surface area contributed by atoms with Gasteiger partial charge in [0.1, 0.15) is 11.6 Å². The third-order valence-electron chi connectivity index (χ3n) is 5.10. The van der Waals surface area contributed by atoms with E-state index in [9.17, 15) is 4.79 Å². The topological polar surface area (TPSA) is 59.4 Å². The fourth-order valence-electron chi connectivity index (χ4n) is 3.38. The van der Waals surface area contributed by atoms with Gasteiger partial charge >= 0.3 is 0 Å². The second kappa shape index (κ2) is 7.03. The predicted octanol–water partition coefficient (Wildman–Crippen LogP) is 4.16. The zero-order valence-electron chi connectivity index (χ0n) is 16.4. The number of methoxy groups -OCH3 is 1. The summed E-state index contributed by atoms with van der Waals surface area (Å²) in [5, 5.41) is 3.93. The van der Waals surface area contributed by atoms with Gasteiger partial charge in [-0.1, -0.05) is 12.7 Å². The number of anilines is 1. The fraction of sp³-hybridized carbons (Fsp3) is 0.273. The summed E-state index contributed by atoms with van der Waals surface area (Å²) < 4.78 is 7.69. The summed E-state index contributed by atoms with van der Waals surface area (Å²) in [5.74, 6) is 1.55. The highest BCUT2D eigenvalue weighted by Gasteiger charge is 2.30. The van der Waals surface area contributed by atoms with E-state index < -0.39 is 0 Å². The van der Waals surface area contributed by atoms with Crippen LogP contribution in [0.4, 0.5) is 5.82 Å². The molecule has 0 bridgehead atoms. The van der Waals surface area contributed by atoms with E-state index >= 15 is 0 Å². The first-order valence-electron chi connectivity index (χ1n) is 9.36. The Morgan fingerprint density at radius 1 is 1.39 bits per heavy atom. The summed E-state index contributed by atoms with van der Waals surface area (Å²) >= 11 is 0. The maximum atomic E-state index is 12.0. The fourth-order valence-corrected chi connectivity index (χ4v) is 3.38. The maximum absolute atomic E-state index is 12.0. The number of hydrogen-bond donors (Lipinski definition) is 1. The van der Waals surface area contributed by atoms with Gasteiger partial charge in [-0.3, -0.25) is 4.79 Å². The van der Waals surface area contributed by atoms with Crippen molar-refractivity contribution in [2.45, 2.75) is 19.8 Å². The van der Waals surface area contributed by atoms with Crippen molar-refractivity contribution in [1.82, 2.24) is 14.5 Å². The van der Waals surface area contributed by atoms with Crippen LogP contribution in [0.5, 0.6) is 0 Å². The van der Waals surface area contributed by atoms with Crippen molar-refractivity contribution in [3.8, 4) is 0 Å². The van der Waals surface area contributed by atoms with Crippen LogP contribution in [0.15, 0.2) is 60.9 Å². The van der Waals surface area contributed by atoms with Crippen LogP contribution < -0.4 is 5.32 Å². The summed E-state index contributed by atoms with van der Waals surface area (Å²) in [5.41, 5.74) is 3.77. The van der Waals surface area contributed by atoms with E-state index in [-0.39, 0.29) is 11.8 Å². The van der Waals surface area contributed by atoms with Crippen LogP contribution in [-0.4, -0.2) is 27.5 Å². The lowest BCUT2D eigenvalue weighted by Gasteiger charge is -2.25. The molecule has 28 heavy (non-hydrogen) atoms. The number of nitrogens with one attached hydrogen (secondary N) is 1. The molecule has 0 saturated heterocycles. The highest BCUT2D eigenvalue weighted by molar-refractivity contribution is 5.96. The van der Waals surface area contributed by atoms with E-state index in [0.717, 1.165) is 46.5 Å². The van der Waals surface area contributed by atoms with Crippen LogP contribution in [0.3, 0.4) is 0 Å². The average Bonchev–Trinajstić information content (AvgIpc) is 3.48. The number of ether oxygens (including phenoxy) is 1. The van der Waals surface area contributed by atoms with Crippen LogP contribution in [0.25, 0.3) is 16.5 Å². The summed E-state index contributed by atoms with van der Waals surface area (Å²) in [6, 6.07) is 4.01. The molecule has 3 heterocycles. The Balaban J connectivity index is 1.73. The highest BCUT2D eigenvalue weighted by atomic mass is 16.5. The summed E-state index contributed by atoms with van der Waals surface area (Å²) in [4.78, 5) is 18.4. The van der Waals surface area contributed by atoms with Gasteiger partial charge in [-0.15, -0.1) is 0 Å². The largest absolute Gasteiger partial charge is 0.496 e. The predicted molar refractivity (Wildman–Crippen MR) is 111 cm³/mol. The van der Waals surface area contributed by atoms with Crippen LogP contribution >= 0.6 is 0 Å². The molecule has 2 aliphatic rings. The number of carbonyl (C=O) groups is 1. The minimum atomic E-state index is 0.0584. The summed E-state index contributed by atoms with van der Waals surface area (Å²) in [6.45, 7) is 6.05. The summed E-state index contributed by atoms with van der Waals surface area (Å²) in [7, 11) is 3.66. The molecule has 1 N–H and O–H groups in total. The molecule has 1 amide bonds. The SMILES string of the molecule is C=C1C=C(OC)C(c2cc3cc(NC(=O)C4CC4)ncc3n2C)=CN1/C=C\C. The Morgan fingerprint density at radius 3 is 2.86 bits per heavy atom. The molecule has 0 radical (unpaired) electrons. The maximum Gasteiger partial charge on any atom is 0.228 e. The van der Waals surface area contributed by atoms with Crippen LogP contribution in [0.2, 0.25) is 0 Å². The monoisotopic (exact) mass is 376 g/mol. The molecular weight excluding hydrogens is 352 g/mol. The second-order valence-corrected chi connectivity index (χ2v) is 7.12. The first-order chi connectivity index (χ1) is 13.5. The average molecular weight is 376 g/mol. The van der Waals surface area contributed by atoms with Gasteiger partial charge < -0.3 is 19.5 Å². The lowest BCUT2D eigenvalue weighted by molar-refractivity contribution is -0.117. The van der Waals surface area contributed by atoms with Gasteiger partial charge in [-0.2, -0.15) is 0 Å². The molecule has 4 rings (SSSR count). The number of allylic oxidation sites excluding steroid dienone is 3. The third kappa shape index (κ3) is 3.22. The minimum Gasteiger partial charge on any atom is -0.496 e. The lowest BCUT2D eigenvalue weighted by atomic mass is 10.1. The Bertz CT molecular complexity index is 1050. The van der Waals surface area contributed by atoms with Crippen molar-refractivity contribution < 1.29 is 9.53 Å². The van der Waals surface area contributed by atoms with Crippen molar-refractivity contribution in [1.29, 1.82) is 0 Å². The zero-order chi connectivity index (χ0) is 19.8. The molecule has 6 heteroatoms. The normalized spacial score (nSPS) is 17.1. The summed E-state index contributed by atoms with van der Waals surface area (Å²) in [6.07, 6.45) is 11.6. The van der Waals surface area contributed by atoms with Gasteiger partial charge in [0.05, 0.1) is 30.1 Å². The first-order valence-corrected chi connectivity index (χ1v) is 9.36. The molecule has 0 spiro atoms. The number of rotatable bonds is 5. The van der Waals surface area contributed by atoms with Gasteiger partial charge in [0.15, 0.2) is 0 Å². The van der Waals surface area contributed by atoms with Crippen LogP contribution in [0, 0.1) is 5.92 Å². The number of aromatic nitrogens is 2. The number of carbonyl (C=O) groups excluding carboxylic acids is 1. The number of aryl methyl sites for hydroxylation is 1. The molecule has 2 aromatic heterocycles. The van der Waals surface area contributed by atoms with Crippen LogP contribution in [0.1, 0.15) is 25.5 Å². The van der Waals surface area contributed by atoms with Crippen molar-refractivity contribution in [2.75, 3.05) is 12.4 Å². The van der Waals surface area contributed by atoms with Gasteiger partial charge in [0, 0.05) is 42.5 Å². The number of nitrogens with zero attached hydrogens (tertiary/aromatic N) is 3. The van der Waals surface area contributed by atoms with Crippen molar-refractivity contribution in [2.24, 2.45) is 13.0 Å². The van der Waals surface area contributed by atoms with E-state index in [1.165, 1.54) is 0 Å². The number of hydrogen-bond acceptors (Lipinski definition) is 4. The molecule has 0 unspecified atom stereocenters. The van der Waals surface area contributed by atoms with Gasteiger partial charge in [0.25, 0.3) is 0 Å². The molecule has 1 aliphatic heterocycles. The Labute approximate surface area is 164 Å². The van der Waals surface area contributed by atoms with Crippen LogP contribution in [-0.2, 0) is 16.6 Å². The van der Waals surface area contributed by atoms with E-state index in [2.05, 4.69) is 27.5 Å². The van der Waals surface area contributed by atoms with E-state index in [1.807, 2.05) is 49.5 Å². The molecule has 1 saturated carbocycles. The van der Waals surface area contributed by atoms with Gasteiger partial charge in [0.2, 0.25) is 5.91 Å². The standard InChI is InChI=1S/C22H24N4O2/c1-5-8-26-13-17(20(28-4)9-14(26)2)18-10-16-11-21(23-12-19(16)25(18)3)24-22(27)15-6-7-15/h5,8-13,15H,2,6-7H2,1,3-4H3,(H,23,24,27)/b8-5-. The Hall–Kier alpha value is -3.28. The molecule has 6 nitrogen and oxygen atoms in total.